The number of amides is 4. The van der Waals surface area contributed by atoms with Crippen LogP contribution in [0.4, 0.5) is 5.69 Å². The summed E-state index contributed by atoms with van der Waals surface area (Å²) in [6.07, 6.45) is -0.706. The summed E-state index contributed by atoms with van der Waals surface area (Å²) in [4.78, 5) is 60.7. The first-order chi connectivity index (χ1) is 25.1. The third-order valence-electron chi connectivity index (χ3n) is 14.4. The van der Waals surface area contributed by atoms with E-state index in [0.717, 1.165) is 11.1 Å². The Bertz CT molecular complexity index is 2540. The SMILES string of the molecule is CN1C(=O)[C@@]23C[C@]4([C@]56C[C@]78C(=O)N(C)C(C)(C(=O)N7[C@H]5N(S(=O)(=O)c5ccccc5)c5ccccc56)S8=S)c5ccccc5C[C@@H]4N2C(=O)C1(C)S3=S. The fourth-order valence-electron chi connectivity index (χ4n) is 12.0. The van der Waals surface area contributed by atoms with Crippen molar-refractivity contribution in [2.24, 2.45) is 0 Å². The summed E-state index contributed by atoms with van der Waals surface area (Å²) in [6.45, 7) is 3.46. The number of fused-ring (bicyclic) bond motifs is 11. The zero-order valence-corrected chi connectivity index (χ0v) is 33.1. The lowest BCUT2D eigenvalue weighted by molar-refractivity contribution is -0.159. The van der Waals surface area contributed by atoms with Crippen LogP contribution in [0.25, 0.3) is 0 Å². The number of likely N-dealkylation sites (N-methyl/N-ethyl adjacent to an activating group) is 2. The number of rotatable bonds is 3. The van der Waals surface area contributed by atoms with Gasteiger partial charge >= 0.3 is 0 Å². The first-order valence-corrected chi connectivity index (χ1v) is 23.2. The number of nitrogens with zero attached hydrogens (tertiary/aromatic N) is 5. The van der Waals surface area contributed by atoms with Crippen molar-refractivity contribution in [3.63, 3.8) is 0 Å². The Kier molecular flexibility index (Phi) is 5.74. The summed E-state index contributed by atoms with van der Waals surface area (Å²) in [5.41, 5.74) is 0.390. The first-order valence-electron chi connectivity index (χ1n) is 17.4. The van der Waals surface area contributed by atoms with Crippen molar-refractivity contribution in [1.29, 1.82) is 0 Å². The third-order valence-corrected chi connectivity index (χ3v) is 24.3. The Hall–Kier alpha value is -3.57. The van der Waals surface area contributed by atoms with E-state index in [1.54, 1.807) is 68.1 Å². The molecule has 0 saturated carbocycles. The molecular weight excluding hydrogens is 771 g/mol. The van der Waals surface area contributed by atoms with Crippen LogP contribution in [0.5, 0.6) is 0 Å². The molecule has 16 heteroatoms. The number of anilines is 1. The van der Waals surface area contributed by atoms with Gasteiger partial charge in [-0.05, 0) is 77.5 Å². The van der Waals surface area contributed by atoms with E-state index >= 15 is 13.2 Å². The second-order valence-corrected chi connectivity index (χ2v) is 23.7. The van der Waals surface area contributed by atoms with E-state index in [9.17, 15) is 14.4 Å². The van der Waals surface area contributed by atoms with Gasteiger partial charge in [0.2, 0.25) is 0 Å². The number of hydrogen-bond donors (Lipinski definition) is 0. The molecule has 8 aliphatic rings. The first kappa shape index (κ1) is 32.8. The van der Waals surface area contributed by atoms with Crippen molar-refractivity contribution in [2.75, 3.05) is 18.4 Å². The van der Waals surface area contributed by atoms with E-state index < -0.39 is 77.4 Å². The van der Waals surface area contributed by atoms with Gasteiger partial charge in [-0.3, -0.25) is 24.1 Å². The second kappa shape index (κ2) is 9.27. The monoisotopic (exact) mass is 803 g/mol. The Labute approximate surface area is 320 Å². The molecule has 11 nitrogen and oxygen atoms in total. The average molecular weight is 804 g/mol. The summed E-state index contributed by atoms with van der Waals surface area (Å²) in [7, 11) is -3.64. The minimum Gasteiger partial charge on any atom is -0.320 e. The van der Waals surface area contributed by atoms with Crippen LogP contribution < -0.4 is 4.31 Å². The van der Waals surface area contributed by atoms with Gasteiger partial charge in [-0.2, -0.15) is 0 Å². The van der Waals surface area contributed by atoms with Gasteiger partial charge in [0, 0.05) is 38.4 Å². The van der Waals surface area contributed by atoms with Gasteiger partial charge in [-0.25, -0.2) is 12.7 Å². The Morgan fingerprint density at radius 3 is 1.81 bits per heavy atom. The van der Waals surface area contributed by atoms with Gasteiger partial charge in [0.25, 0.3) is 33.7 Å². The molecule has 6 saturated heterocycles. The van der Waals surface area contributed by atoms with Crippen LogP contribution in [-0.4, -0.2) is 97.4 Å². The molecule has 0 radical (unpaired) electrons. The topological polar surface area (TPSA) is 119 Å². The molecule has 4 bridgehead atoms. The minimum absolute atomic E-state index is 0.0229. The number of benzene rings is 3. The summed E-state index contributed by atoms with van der Waals surface area (Å²) in [5.74, 6) is -1.16. The highest BCUT2D eigenvalue weighted by Crippen LogP contribution is 2.77. The quantitative estimate of drug-likeness (QED) is 0.394. The number of hydrogen-bond acceptors (Lipinski definition) is 8. The maximum Gasteiger partial charge on any atom is 0.266 e. The standard InChI is InChI=1S/C37H33N5O6S5/c1-32-28(43)40-26-18-21-12-8-9-15-23(21)34(26,19-36(40,51(32)49)30(45)38(32)3)35-20-37-31(46)39(4)33(2,52(37)50)29(44)41(37)27(35)42(25-17-11-10-16-24(25)35)53(47,48)22-13-6-5-7-14-22/h5-17,26-27H,18-20H2,1-4H3/t26-,27-,32?,33?,34-,35-,36-,37-,51?,52?/m0/s1. The smallest absolute Gasteiger partial charge is 0.266 e. The molecule has 272 valence electrons. The summed E-state index contributed by atoms with van der Waals surface area (Å²) in [5, 5.41) is 0. The fourth-order valence-corrected chi connectivity index (χ4v) is 20.6. The normalized spacial score (nSPS) is 42.5. The lowest BCUT2D eigenvalue weighted by Crippen LogP contribution is -2.67. The number of sulfonamides is 1. The zero-order chi connectivity index (χ0) is 37.2. The van der Waals surface area contributed by atoms with Crippen molar-refractivity contribution < 1.29 is 27.6 Å². The van der Waals surface area contributed by atoms with Crippen LogP contribution in [0.1, 0.15) is 43.4 Å². The van der Waals surface area contributed by atoms with Crippen LogP contribution >= 0.6 is 0 Å². The molecule has 4 unspecified atom stereocenters. The third kappa shape index (κ3) is 2.85. The highest BCUT2D eigenvalue weighted by molar-refractivity contribution is 8.32. The molecule has 0 aromatic heterocycles. The lowest BCUT2D eigenvalue weighted by Gasteiger charge is -2.50. The Balaban J connectivity index is 1.29. The highest BCUT2D eigenvalue weighted by Gasteiger charge is 2.91. The predicted molar refractivity (Wildman–Crippen MR) is 204 cm³/mol. The molecule has 2 spiro atoms. The van der Waals surface area contributed by atoms with Gasteiger partial charge < -0.3 is 14.7 Å². The van der Waals surface area contributed by atoms with Crippen molar-refractivity contribution in [1.82, 2.24) is 19.6 Å². The molecule has 7 aliphatic heterocycles. The lowest BCUT2D eigenvalue weighted by atomic mass is 9.53. The molecule has 7 heterocycles. The number of piperazine rings is 2. The molecule has 11 rings (SSSR count). The van der Waals surface area contributed by atoms with Crippen molar-refractivity contribution in [3.8, 4) is 0 Å². The maximum atomic E-state index is 15.3. The second-order valence-electron chi connectivity index (χ2n) is 15.8. The molecule has 3 aromatic carbocycles. The average Bonchev–Trinajstić information content (AvgIpc) is 3.95. The van der Waals surface area contributed by atoms with E-state index in [1.807, 2.05) is 36.4 Å². The van der Waals surface area contributed by atoms with Crippen LogP contribution in [0.2, 0.25) is 0 Å². The van der Waals surface area contributed by atoms with Gasteiger partial charge in [-0.15, -0.1) is 0 Å². The maximum absolute atomic E-state index is 15.3. The van der Waals surface area contributed by atoms with E-state index in [0.29, 0.717) is 17.7 Å². The summed E-state index contributed by atoms with van der Waals surface area (Å²) >= 11 is 12.6. The Morgan fingerprint density at radius 1 is 0.660 bits per heavy atom. The zero-order valence-electron chi connectivity index (χ0n) is 29.0. The van der Waals surface area contributed by atoms with Gasteiger partial charge in [0.1, 0.15) is 6.17 Å². The molecule has 1 aliphatic carbocycles. The van der Waals surface area contributed by atoms with Crippen LogP contribution in [0.15, 0.2) is 83.8 Å². The minimum atomic E-state index is -4.41. The van der Waals surface area contributed by atoms with Crippen molar-refractivity contribution in [2.45, 2.75) is 80.5 Å². The van der Waals surface area contributed by atoms with Gasteiger partial charge in [-0.1, -0.05) is 79.6 Å². The molecule has 53 heavy (non-hydrogen) atoms. The predicted octanol–water partition coefficient (Wildman–Crippen LogP) is 1.74. The van der Waals surface area contributed by atoms with Crippen LogP contribution in [-0.2, 0) is 87.7 Å². The number of carbonyl (C=O) groups excluding carboxylic acids is 4. The molecule has 6 fully saturated rings. The summed E-state index contributed by atoms with van der Waals surface area (Å²) < 4.78 is 32.0. The molecule has 0 N–H and O–H groups in total. The molecule has 4 amide bonds. The van der Waals surface area contributed by atoms with Crippen molar-refractivity contribution in [3.05, 3.63) is 95.6 Å². The molecule has 10 atom stereocenters. The number of carbonyl (C=O) groups is 4. The van der Waals surface area contributed by atoms with E-state index in [2.05, 4.69) is 0 Å². The van der Waals surface area contributed by atoms with E-state index in [-0.39, 0.29) is 35.5 Å². The number of para-hydroxylation sites is 1. The van der Waals surface area contributed by atoms with Gasteiger partial charge in [0.15, 0.2) is 19.5 Å². The highest BCUT2D eigenvalue weighted by atomic mass is 32.8. The summed E-state index contributed by atoms with van der Waals surface area (Å²) in [6, 6.07) is 22.7. The van der Waals surface area contributed by atoms with E-state index in [1.165, 1.54) is 26.2 Å². The van der Waals surface area contributed by atoms with Crippen LogP contribution in [0, 0.1) is 0 Å². The Morgan fingerprint density at radius 2 is 1.17 bits per heavy atom. The van der Waals surface area contributed by atoms with Crippen molar-refractivity contribution >= 4 is 80.6 Å². The van der Waals surface area contributed by atoms with Gasteiger partial charge in [0.05, 0.1) is 16.0 Å². The van der Waals surface area contributed by atoms with Crippen LogP contribution in [0.3, 0.4) is 0 Å². The molecular formula is C37H33N5O6S5. The fraction of sp³-hybridized carbons (Fsp3) is 0.405. The van der Waals surface area contributed by atoms with E-state index in [4.69, 9.17) is 22.4 Å². The largest absolute Gasteiger partial charge is 0.320 e. The molecule has 3 aromatic rings.